The molecule has 1 fully saturated rings. The summed E-state index contributed by atoms with van der Waals surface area (Å²) < 4.78 is 13.0. The summed E-state index contributed by atoms with van der Waals surface area (Å²) >= 11 is 1.64. The molecule has 22 heavy (non-hydrogen) atoms. The van der Waals surface area contributed by atoms with Gasteiger partial charge in [0.2, 0.25) is 0 Å². The van der Waals surface area contributed by atoms with Crippen molar-refractivity contribution in [3.63, 3.8) is 0 Å². The molecule has 0 unspecified atom stereocenters. The Morgan fingerprint density at radius 2 is 1.91 bits per heavy atom. The minimum absolute atomic E-state index is 0.220. The third-order valence-corrected chi connectivity index (χ3v) is 4.75. The van der Waals surface area contributed by atoms with Gasteiger partial charge in [-0.1, -0.05) is 0 Å². The van der Waals surface area contributed by atoms with Gasteiger partial charge >= 0.3 is 0 Å². The highest BCUT2D eigenvalue weighted by Crippen LogP contribution is 2.28. The molecule has 114 valence electrons. The summed E-state index contributed by atoms with van der Waals surface area (Å²) in [6.45, 7) is 4.96. The first-order valence-corrected chi connectivity index (χ1v) is 8.26. The third-order valence-electron chi connectivity index (χ3n) is 3.85. The topological polar surface area (TPSA) is 19.4 Å². The summed E-state index contributed by atoms with van der Waals surface area (Å²) in [6, 6.07) is 6.48. The Labute approximate surface area is 134 Å². The SMILES string of the molecule is C#CCCN1CCN(c2nc(-c3ccc(F)cc3)cs2)CC1. The van der Waals surface area contributed by atoms with Crippen LogP contribution in [0.15, 0.2) is 29.6 Å². The molecule has 1 aliphatic rings. The van der Waals surface area contributed by atoms with Crippen LogP contribution in [0.4, 0.5) is 9.52 Å². The van der Waals surface area contributed by atoms with E-state index in [0.29, 0.717) is 0 Å². The van der Waals surface area contributed by atoms with Gasteiger partial charge in [0.25, 0.3) is 0 Å². The van der Waals surface area contributed by atoms with Crippen molar-refractivity contribution in [1.82, 2.24) is 9.88 Å². The summed E-state index contributed by atoms with van der Waals surface area (Å²) in [5.41, 5.74) is 1.87. The maximum Gasteiger partial charge on any atom is 0.185 e. The van der Waals surface area contributed by atoms with Crippen LogP contribution in [0.3, 0.4) is 0 Å². The lowest BCUT2D eigenvalue weighted by Gasteiger charge is -2.34. The number of piperazine rings is 1. The summed E-state index contributed by atoms with van der Waals surface area (Å²) in [6.07, 6.45) is 6.12. The first-order valence-electron chi connectivity index (χ1n) is 7.38. The van der Waals surface area contributed by atoms with Gasteiger partial charge in [0.05, 0.1) is 5.69 Å². The zero-order chi connectivity index (χ0) is 15.4. The van der Waals surface area contributed by atoms with Gasteiger partial charge < -0.3 is 4.90 Å². The smallest absolute Gasteiger partial charge is 0.185 e. The molecule has 1 aromatic heterocycles. The average Bonchev–Trinajstić information content (AvgIpc) is 3.04. The fourth-order valence-electron chi connectivity index (χ4n) is 2.55. The molecule has 1 aliphatic heterocycles. The maximum absolute atomic E-state index is 13.0. The molecule has 0 N–H and O–H groups in total. The van der Waals surface area contributed by atoms with Crippen molar-refractivity contribution in [1.29, 1.82) is 0 Å². The van der Waals surface area contributed by atoms with E-state index >= 15 is 0 Å². The largest absolute Gasteiger partial charge is 0.346 e. The quantitative estimate of drug-likeness (QED) is 0.808. The van der Waals surface area contributed by atoms with Crippen molar-refractivity contribution in [2.45, 2.75) is 6.42 Å². The molecule has 2 aromatic rings. The molecule has 3 nitrogen and oxygen atoms in total. The second kappa shape index (κ2) is 6.91. The van der Waals surface area contributed by atoms with Crippen molar-refractivity contribution in [3.8, 4) is 23.6 Å². The van der Waals surface area contributed by atoms with Crippen LogP contribution < -0.4 is 4.90 Å². The molecule has 3 rings (SSSR count). The van der Waals surface area contributed by atoms with Crippen LogP contribution in [-0.4, -0.2) is 42.6 Å². The molecule has 0 spiro atoms. The Bertz CT molecular complexity index is 651. The number of thiazole rings is 1. The zero-order valence-electron chi connectivity index (χ0n) is 12.3. The number of nitrogens with zero attached hydrogens (tertiary/aromatic N) is 3. The average molecular weight is 315 g/mol. The summed E-state index contributed by atoms with van der Waals surface area (Å²) in [7, 11) is 0. The lowest BCUT2D eigenvalue weighted by molar-refractivity contribution is 0.264. The van der Waals surface area contributed by atoms with E-state index < -0.39 is 0 Å². The summed E-state index contributed by atoms with van der Waals surface area (Å²) in [5, 5.41) is 3.07. The van der Waals surface area contributed by atoms with Crippen LogP contribution in [0.2, 0.25) is 0 Å². The predicted octanol–water partition coefficient (Wildman–Crippen LogP) is 3.09. The van der Waals surface area contributed by atoms with Crippen LogP contribution in [0.5, 0.6) is 0 Å². The van der Waals surface area contributed by atoms with Gasteiger partial charge in [-0.05, 0) is 24.3 Å². The van der Waals surface area contributed by atoms with Gasteiger partial charge in [0.1, 0.15) is 5.82 Å². The lowest BCUT2D eigenvalue weighted by atomic mass is 10.2. The van der Waals surface area contributed by atoms with Gasteiger partial charge in [-0.2, -0.15) is 0 Å². The molecule has 1 aromatic carbocycles. The van der Waals surface area contributed by atoms with Crippen LogP contribution >= 0.6 is 11.3 Å². The van der Waals surface area contributed by atoms with E-state index in [1.165, 1.54) is 12.1 Å². The molecule has 2 heterocycles. The maximum atomic E-state index is 13.0. The second-order valence-electron chi connectivity index (χ2n) is 5.31. The van der Waals surface area contributed by atoms with Crippen molar-refractivity contribution in [2.24, 2.45) is 0 Å². The number of hydrogen-bond acceptors (Lipinski definition) is 4. The van der Waals surface area contributed by atoms with Gasteiger partial charge in [-0.3, -0.25) is 4.90 Å². The molecule has 0 atom stereocenters. The van der Waals surface area contributed by atoms with Crippen molar-refractivity contribution in [3.05, 3.63) is 35.5 Å². The van der Waals surface area contributed by atoms with Crippen molar-refractivity contribution in [2.75, 3.05) is 37.6 Å². The minimum atomic E-state index is -0.220. The molecule has 0 amide bonds. The number of anilines is 1. The number of terminal acetylenes is 1. The van der Waals surface area contributed by atoms with E-state index in [4.69, 9.17) is 11.4 Å². The Balaban J connectivity index is 1.63. The van der Waals surface area contributed by atoms with Gasteiger partial charge in [0, 0.05) is 50.1 Å². The third kappa shape index (κ3) is 3.46. The van der Waals surface area contributed by atoms with E-state index in [1.807, 2.05) is 5.38 Å². The number of benzene rings is 1. The standard InChI is InChI=1S/C17H18FN3S/c1-2-3-8-20-9-11-21(12-10-20)17-19-16(13-22-17)14-4-6-15(18)7-5-14/h1,4-7,13H,3,8-12H2. The van der Waals surface area contributed by atoms with Crippen LogP contribution in [0.25, 0.3) is 11.3 Å². The van der Waals surface area contributed by atoms with E-state index in [1.54, 1.807) is 23.5 Å². The Hall–Kier alpha value is -1.90. The van der Waals surface area contributed by atoms with Crippen molar-refractivity contribution >= 4 is 16.5 Å². The van der Waals surface area contributed by atoms with Gasteiger partial charge in [-0.25, -0.2) is 9.37 Å². The fraction of sp³-hybridized carbons (Fsp3) is 0.353. The van der Waals surface area contributed by atoms with Crippen LogP contribution in [0, 0.1) is 18.2 Å². The van der Waals surface area contributed by atoms with Crippen LogP contribution in [-0.2, 0) is 0 Å². The fourth-order valence-corrected chi connectivity index (χ4v) is 3.44. The molecule has 0 bridgehead atoms. The number of rotatable bonds is 4. The molecule has 0 aliphatic carbocycles. The molecule has 5 heteroatoms. The summed E-state index contributed by atoms with van der Waals surface area (Å²) in [4.78, 5) is 9.40. The second-order valence-corrected chi connectivity index (χ2v) is 6.14. The Morgan fingerprint density at radius 1 is 1.18 bits per heavy atom. The molecule has 0 saturated carbocycles. The number of aromatic nitrogens is 1. The van der Waals surface area contributed by atoms with Gasteiger partial charge in [0.15, 0.2) is 5.13 Å². The molecular formula is C17H18FN3S. The van der Waals surface area contributed by atoms with E-state index in [-0.39, 0.29) is 5.82 Å². The van der Waals surface area contributed by atoms with Crippen LogP contribution in [0.1, 0.15) is 6.42 Å². The predicted molar refractivity (Wildman–Crippen MR) is 89.6 cm³/mol. The van der Waals surface area contributed by atoms with Crippen molar-refractivity contribution < 1.29 is 4.39 Å². The molecule has 1 saturated heterocycles. The highest BCUT2D eigenvalue weighted by Gasteiger charge is 2.19. The lowest BCUT2D eigenvalue weighted by Crippen LogP contribution is -2.46. The summed E-state index contributed by atoms with van der Waals surface area (Å²) in [5.74, 6) is 2.47. The zero-order valence-corrected chi connectivity index (χ0v) is 13.2. The van der Waals surface area contributed by atoms with E-state index in [9.17, 15) is 4.39 Å². The Kier molecular flexibility index (Phi) is 4.71. The molecular weight excluding hydrogens is 297 g/mol. The molecule has 0 radical (unpaired) electrons. The van der Waals surface area contributed by atoms with Gasteiger partial charge in [-0.15, -0.1) is 23.7 Å². The monoisotopic (exact) mass is 315 g/mol. The van der Waals surface area contributed by atoms with E-state index in [0.717, 1.165) is 55.5 Å². The first kappa shape index (κ1) is 15.0. The minimum Gasteiger partial charge on any atom is -0.346 e. The highest BCUT2D eigenvalue weighted by molar-refractivity contribution is 7.14. The number of halogens is 1. The highest BCUT2D eigenvalue weighted by atomic mass is 32.1. The Morgan fingerprint density at radius 3 is 2.59 bits per heavy atom. The van der Waals surface area contributed by atoms with E-state index in [2.05, 4.69) is 15.7 Å². The normalized spacial score (nSPS) is 15.7. The first-order chi connectivity index (χ1) is 10.8. The number of hydrogen-bond donors (Lipinski definition) is 0.